The van der Waals surface area contributed by atoms with E-state index in [9.17, 15) is 9.59 Å². The van der Waals surface area contributed by atoms with E-state index in [4.69, 9.17) is 4.74 Å². The van der Waals surface area contributed by atoms with Crippen molar-refractivity contribution in [2.24, 2.45) is 0 Å². The number of morpholine rings is 1. The van der Waals surface area contributed by atoms with Crippen molar-refractivity contribution < 1.29 is 14.3 Å². The number of hydrogen-bond acceptors (Lipinski definition) is 4. The summed E-state index contributed by atoms with van der Waals surface area (Å²) in [6, 6.07) is 9.57. The Labute approximate surface area is 124 Å². The van der Waals surface area contributed by atoms with E-state index in [0.717, 1.165) is 18.7 Å². The number of hydrogen-bond donors (Lipinski definition) is 0. The molecule has 0 saturated carbocycles. The zero-order chi connectivity index (χ0) is 14.9. The Morgan fingerprint density at radius 1 is 1.14 bits per heavy atom. The Morgan fingerprint density at radius 3 is 2.48 bits per heavy atom. The summed E-state index contributed by atoms with van der Waals surface area (Å²) >= 11 is 0. The van der Waals surface area contributed by atoms with Crippen molar-refractivity contribution in [3.63, 3.8) is 0 Å². The number of imide groups is 1. The van der Waals surface area contributed by atoms with Crippen LogP contribution >= 0.6 is 0 Å². The number of ether oxygens (including phenoxy) is 1. The molecule has 0 aromatic heterocycles. The normalized spacial score (nSPS) is 27.4. The van der Waals surface area contributed by atoms with Gasteiger partial charge in [0.2, 0.25) is 11.8 Å². The maximum Gasteiger partial charge on any atom is 0.241 e. The van der Waals surface area contributed by atoms with E-state index >= 15 is 0 Å². The first kappa shape index (κ1) is 14.2. The number of carbonyl (C=O) groups excluding carboxylic acids is 2. The van der Waals surface area contributed by atoms with E-state index in [-0.39, 0.29) is 18.2 Å². The van der Waals surface area contributed by atoms with Crippen LogP contribution in [0.4, 0.5) is 0 Å². The zero-order valence-electron chi connectivity index (χ0n) is 12.2. The summed E-state index contributed by atoms with van der Waals surface area (Å²) in [5.74, 6) is -0.178. The standard InChI is InChI=1S/C16H20N2O3/c1-16(13-5-3-2-4-6-13)11-14(19)18(15(16)20)12-17-7-9-21-10-8-17/h2-6H,7-12H2,1H3. The van der Waals surface area contributed by atoms with Gasteiger partial charge in [0.15, 0.2) is 0 Å². The Bertz CT molecular complexity index is 540. The van der Waals surface area contributed by atoms with Crippen LogP contribution in [0.2, 0.25) is 0 Å². The SMILES string of the molecule is CC1(c2ccccc2)CC(=O)N(CN2CCOCC2)C1=O. The van der Waals surface area contributed by atoms with Gasteiger partial charge < -0.3 is 4.74 Å². The van der Waals surface area contributed by atoms with Crippen LogP contribution in [0, 0.1) is 0 Å². The second kappa shape index (κ2) is 5.58. The highest BCUT2D eigenvalue weighted by Crippen LogP contribution is 2.36. The fraction of sp³-hybridized carbons (Fsp3) is 0.500. The van der Waals surface area contributed by atoms with Crippen LogP contribution in [0.1, 0.15) is 18.9 Å². The van der Waals surface area contributed by atoms with Gasteiger partial charge in [-0.15, -0.1) is 0 Å². The van der Waals surface area contributed by atoms with Crippen LogP contribution in [0.25, 0.3) is 0 Å². The van der Waals surface area contributed by atoms with Crippen LogP contribution in [0.15, 0.2) is 30.3 Å². The molecule has 0 spiro atoms. The van der Waals surface area contributed by atoms with Gasteiger partial charge in [-0.05, 0) is 12.5 Å². The molecule has 2 aliphatic heterocycles. The minimum absolute atomic E-state index is 0.0853. The average Bonchev–Trinajstić information content (AvgIpc) is 2.74. The van der Waals surface area contributed by atoms with Crippen molar-refractivity contribution in [1.82, 2.24) is 9.80 Å². The lowest BCUT2D eigenvalue weighted by atomic mass is 9.81. The quantitative estimate of drug-likeness (QED) is 0.778. The molecule has 0 aliphatic carbocycles. The van der Waals surface area contributed by atoms with Gasteiger partial charge in [0, 0.05) is 19.5 Å². The lowest BCUT2D eigenvalue weighted by Crippen LogP contribution is -2.47. The number of carbonyl (C=O) groups is 2. The predicted octanol–water partition coefficient (Wildman–Crippen LogP) is 0.993. The molecule has 2 aliphatic rings. The number of likely N-dealkylation sites (tertiary alicyclic amines) is 1. The highest BCUT2D eigenvalue weighted by molar-refractivity contribution is 6.08. The van der Waals surface area contributed by atoms with Gasteiger partial charge in [-0.1, -0.05) is 30.3 Å². The summed E-state index contributed by atoms with van der Waals surface area (Å²) in [5, 5.41) is 0. The maximum atomic E-state index is 12.8. The van der Waals surface area contributed by atoms with Crippen LogP contribution in [0.5, 0.6) is 0 Å². The molecule has 112 valence electrons. The van der Waals surface area contributed by atoms with Gasteiger partial charge in [0.25, 0.3) is 0 Å². The smallest absolute Gasteiger partial charge is 0.241 e. The van der Waals surface area contributed by atoms with E-state index in [1.54, 1.807) is 0 Å². The summed E-state index contributed by atoms with van der Waals surface area (Å²) in [4.78, 5) is 28.5. The van der Waals surface area contributed by atoms with Gasteiger partial charge >= 0.3 is 0 Å². The van der Waals surface area contributed by atoms with E-state index in [0.29, 0.717) is 19.9 Å². The van der Waals surface area contributed by atoms with Gasteiger partial charge in [-0.25, -0.2) is 0 Å². The van der Waals surface area contributed by atoms with E-state index in [1.165, 1.54) is 4.90 Å². The summed E-state index contributed by atoms with van der Waals surface area (Å²) in [6.45, 7) is 5.09. The molecule has 5 heteroatoms. The molecule has 1 aromatic rings. The molecular formula is C16H20N2O3. The van der Waals surface area contributed by atoms with Gasteiger partial charge in [0.1, 0.15) is 0 Å². The number of nitrogens with zero attached hydrogens (tertiary/aromatic N) is 2. The molecule has 1 aromatic carbocycles. The number of benzene rings is 1. The Hall–Kier alpha value is -1.72. The molecule has 3 rings (SSSR count). The van der Waals surface area contributed by atoms with Gasteiger partial charge in [-0.2, -0.15) is 0 Å². The van der Waals surface area contributed by atoms with E-state index in [2.05, 4.69) is 4.90 Å². The average molecular weight is 288 g/mol. The molecule has 0 bridgehead atoms. The molecule has 1 atom stereocenters. The topological polar surface area (TPSA) is 49.9 Å². The molecule has 2 fully saturated rings. The number of amides is 2. The molecule has 0 radical (unpaired) electrons. The zero-order valence-corrected chi connectivity index (χ0v) is 12.2. The third-order valence-electron chi connectivity index (χ3n) is 4.38. The Balaban J connectivity index is 1.78. The molecule has 0 N–H and O–H groups in total. The van der Waals surface area contributed by atoms with E-state index < -0.39 is 5.41 Å². The second-order valence-corrected chi connectivity index (χ2v) is 5.87. The summed E-state index contributed by atoms with van der Waals surface area (Å²) < 4.78 is 5.30. The van der Waals surface area contributed by atoms with Crippen LogP contribution in [-0.2, 0) is 19.7 Å². The molecular weight excluding hydrogens is 268 g/mol. The number of rotatable bonds is 3. The highest BCUT2D eigenvalue weighted by atomic mass is 16.5. The predicted molar refractivity (Wildman–Crippen MR) is 77.5 cm³/mol. The van der Waals surface area contributed by atoms with E-state index in [1.807, 2.05) is 37.3 Å². The minimum Gasteiger partial charge on any atom is -0.379 e. The van der Waals surface area contributed by atoms with Crippen LogP contribution < -0.4 is 0 Å². The molecule has 2 saturated heterocycles. The third-order valence-corrected chi connectivity index (χ3v) is 4.38. The summed E-state index contributed by atoms with van der Waals surface area (Å²) in [6.07, 6.45) is 0.250. The van der Waals surface area contributed by atoms with Gasteiger partial charge in [0.05, 0.1) is 25.3 Å². The van der Waals surface area contributed by atoms with Crippen molar-refractivity contribution in [3.05, 3.63) is 35.9 Å². The first-order chi connectivity index (χ1) is 10.1. The summed E-state index contributed by atoms with van der Waals surface area (Å²) in [5.41, 5.74) is 0.179. The third kappa shape index (κ3) is 2.59. The molecule has 1 unspecified atom stereocenters. The van der Waals surface area contributed by atoms with Crippen molar-refractivity contribution in [2.75, 3.05) is 33.0 Å². The monoisotopic (exact) mass is 288 g/mol. The lowest BCUT2D eigenvalue weighted by molar-refractivity contribution is -0.143. The summed E-state index contributed by atoms with van der Waals surface area (Å²) in [7, 11) is 0. The van der Waals surface area contributed by atoms with Crippen molar-refractivity contribution in [2.45, 2.75) is 18.8 Å². The second-order valence-electron chi connectivity index (χ2n) is 5.87. The Kier molecular flexibility index (Phi) is 3.78. The van der Waals surface area contributed by atoms with Crippen molar-refractivity contribution >= 4 is 11.8 Å². The minimum atomic E-state index is -0.732. The fourth-order valence-corrected chi connectivity index (χ4v) is 3.00. The fourth-order valence-electron chi connectivity index (χ4n) is 3.00. The Morgan fingerprint density at radius 2 is 1.81 bits per heavy atom. The first-order valence-electron chi connectivity index (χ1n) is 7.32. The maximum absolute atomic E-state index is 12.8. The lowest BCUT2D eigenvalue weighted by Gasteiger charge is -2.30. The molecule has 2 heterocycles. The van der Waals surface area contributed by atoms with Crippen LogP contribution in [-0.4, -0.2) is 54.6 Å². The largest absolute Gasteiger partial charge is 0.379 e. The van der Waals surface area contributed by atoms with Gasteiger partial charge in [-0.3, -0.25) is 19.4 Å². The first-order valence-corrected chi connectivity index (χ1v) is 7.32. The molecule has 21 heavy (non-hydrogen) atoms. The molecule has 5 nitrogen and oxygen atoms in total. The van der Waals surface area contributed by atoms with Crippen LogP contribution in [0.3, 0.4) is 0 Å². The molecule has 2 amide bonds. The van der Waals surface area contributed by atoms with Crippen molar-refractivity contribution in [3.8, 4) is 0 Å². The van der Waals surface area contributed by atoms with Crippen molar-refractivity contribution in [1.29, 1.82) is 0 Å². The highest BCUT2D eigenvalue weighted by Gasteiger charge is 2.49.